The summed E-state index contributed by atoms with van der Waals surface area (Å²) in [6, 6.07) is 2.30. The van der Waals surface area contributed by atoms with Gasteiger partial charge >= 0.3 is 5.97 Å². The molecule has 108 valence electrons. The van der Waals surface area contributed by atoms with E-state index in [1.165, 1.54) is 0 Å². The first-order valence-corrected chi connectivity index (χ1v) is 5.70. The van der Waals surface area contributed by atoms with Crippen LogP contribution in [0.3, 0.4) is 0 Å². The van der Waals surface area contributed by atoms with Crippen LogP contribution in [0.15, 0.2) is 30.6 Å². The van der Waals surface area contributed by atoms with Crippen LogP contribution < -0.4 is 0 Å². The van der Waals surface area contributed by atoms with Crippen LogP contribution in [-0.2, 0) is 4.74 Å². The molecule has 0 atom stereocenters. The Kier molecular flexibility index (Phi) is 3.93. The van der Waals surface area contributed by atoms with Gasteiger partial charge in [0.1, 0.15) is 17.4 Å². The molecule has 0 spiro atoms. The zero-order chi connectivity index (χ0) is 15.6. The first-order chi connectivity index (χ1) is 9.95. The van der Waals surface area contributed by atoms with Crippen molar-refractivity contribution in [3.05, 3.63) is 58.9 Å². The number of rotatable bonds is 3. The molecule has 0 aliphatic heterocycles. The third kappa shape index (κ3) is 2.71. The molecule has 1 aromatic carbocycles. The van der Waals surface area contributed by atoms with Crippen molar-refractivity contribution < 1.29 is 28.2 Å². The molecule has 0 bridgehead atoms. The van der Waals surface area contributed by atoms with Crippen LogP contribution in [0.25, 0.3) is 0 Å². The van der Waals surface area contributed by atoms with Gasteiger partial charge in [-0.05, 0) is 18.2 Å². The van der Waals surface area contributed by atoms with E-state index >= 15 is 0 Å². The number of ketones is 1. The molecule has 1 N–H and O–H groups in total. The number of methoxy groups -OCH3 is 1. The van der Waals surface area contributed by atoms with E-state index in [9.17, 15) is 23.5 Å². The maximum absolute atomic E-state index is 13.7. The van der Waals surface area contributed by atoms with Crippen LogP contribution in [0, 0.1) is 11.6 Å². The highest BCUT2D eigenvalue weighted by Crippen LogP contribution is 2.25. The van der Waals surface area contributed by atoms with E-state index in [4.69, 9.17) is 0 Å². The number of hydrogen-bond acceptors (Lipinski definition) is 5. The van der Waals surface area contributed by atoms with Crippen LogP contribution in [0.1, 0.15) is 26.3 Å². The van der Waals surface area contributed by atoms with Gasteiger partial charge in [0.2, 0.25) is 5.78 Å². The Balaban J connectivity index is 2.63. The van der Waals surface area contributed by atoms with Gasteiger partial charge in [0.15, 0.2) is 0 Å². The van der Waals surface area contributed by atoms with Gasteiger partial charge in [0, 0.05) is 6.20 Å². The Morgan fingerprint density at radius 1 is 1.19 bits per heavy atom. The number of carbonyl (C=O) groups excluding carboxylic acids is 2. The fraction of sp³-hybridized carbons (Fsp3) is 0.0714. The highest BCUT2D eigenvalue weighted by Gasteiger charge is 2.25. The van der Waals surface area contributed by atoms with Crippen LogP contribution in [-0.4, -0.2) is 29.0 Å². The summed E-state index contributed by atoms with van der Waals surface area (Å²) in [5.74, 6) is -4.42. The maximum Gasteiger partial charge on any atom is 0.340 e. The Hall–Kier alpha value is -2.83. The van der Waals surface area contributed by atoms with Gasteiger partial charge in [-0.15, -0.1) is 0 Å². The predicted octanol–water partition coefficient (Wildman–Crippen LogP) is 2.08. The third-order valence-electron chi connectivity index (χ3n) is 2.73. The van der Waals surface area contributed by atoms with Gasteiger partial charge in [-0.1, -0.05) is 0 Å². The molecular weight excluding hydrogens is 284 g/mol. The number of ether oxygens (including phenoxy) is 1. The number of nitrogens with zero attached hydrogens (tertiary/aromatic N) is 1. The summed E-state index contributed by atoms with van der Waals surface area (Å²) in [5, 5.41) is 9.72. The monoisotopic (exact) mass is 293 g/mol. The lowest BCUT2D eigenvalue weighted by Gasteiger charge is -2.09. The predicted molar refractivity (Wildman–Crippen MR) is 67.0 cm³/mol. The summed E-state index contributed by atoms with van der Waals surface area (Å²) in [7, 11) is 1.07. The molecule has 2 aromatic rings. The summed E-state index contributed by atoms with van der Waals surface area (Å²) >= 11 is 0. The lowest BCUT2D eigenvalue weighted by molar-refractivity contribution is 0.0596. The van der Waals surface area contributed by atoms with Crippen LogP contribution >= 0.6 is 0 Å². The van der Waals surface area contributed by atoms with E-state index in [1.54, 1.807) is 0 Å². The molecule has 0 saturated heterocycles. The first kappa shape index (κ1) is 14.6. The minimum absolute atomic E-state index is 0.342. The van der Waals surface area contributed by atoms with Gasteiger partial charge < -0.3 is 9.84 Å². The summed E-state index contributed by atoms with van der Waals surface area (Å²) in [6.45, 7) is 0. The summed E-state index contributed by atoms with van der Waals surface area (Å²) in [5.41, 5.74) is -1.45. The van der Waals surface area contributed by atoms with Crippen LogP contribution in [0.2, 0.25) is 0 Å². The molecule has 1 aromatic heterocycles. The Morgan fingerprint density at radius 3 is 2.57 bits per heavy atom. The summed E-state index contributed by atoms with van der Waals surface area (Å²) in [4.78, 5) is 27.4. The van der Waals surface area contributed by atoms with Crippen molar-refractivity contribution in [2.45, 2.75) is 0 Å². The number of benzene rings is 1. The second kappa shape index (κ2) is 5.66. The second-order valence-corrected chi connectivity index (χ2v) is 4.03. The van der Waals surface area contributed by atoms with E-state index in [1.807, 2.05) is 0 Å². The number of pyridine rings is 1. The molecule has 7 heteroatoms. The van der Waals surface area contributed by atoms with E-state index < -0.39 is 40.3 Å². The number of hydrogen-bond donors (Lipinski definition) is 1. The normalized spacial score (nSPS) is 10.2. The third-order valence-corrected chi connectivity index (χ3v) is 2.73. The average molecular weight is 293 g/mol. The Labute approximate surface area is 117 Å². The molecular formula is C14H9F2NO4. The van der Waals surface area contributed by atoms with Crippen molar-refractivity contribution in [2.24, 2.45) is 0 Å². The Morgan fingerprint density at radius 2 is 1.90 bits per heavy atom. The molecule has 0 aliphatic rings. The van der Waals surface area contributed by atoms with Crippen molar-refractivity contribution >= 4 is 11.8 Å². The van der Waals surface area contributed by atoms with E-state index in [-0.39, 0.29) is 5.56 Å². The number of halogens is 2. The van der Waals surface area contributed by atoms with Crippen molar-refractivity contribution in [2.75, 3.05) is 7.11 Å². The lowest BCUT2D eigenvalue weighted by Crippen LogP contribution is -2.13. The summed E-state index contributed by atoms with van der Waals surface area (Å²) < 4.78 is 31.3. The molecule has 21 heavy (non-hydrogen) atoms. The topological polar surface area (TPSA) is 76.5 Å². The Bertz CT molecular complexity index is 731. The van der Waals surface area contributed by atoms with Crippen molar-refractivity contribution in [1.82, 2.24) is 4.98 Å². The molecule has 0 saturated carbocycles. The van der Waals surface area contributed by atoms with Crippen LogP contribution in [0.5, 0.6) is 5.75 Å². The molecule has 0 unspecified atom stereocenters. The molecule has 5 nitrogen and oxygen atoms in total. The molecule has 0 amide bonds. The molecule has 0 aliphatic carbocycles. The number of aromatic nitrogens is 1. The quantitative estimate of drug-likeness (QED) is 0.692. The van der Waals surface area contributed by atoms with E-state index in [2.05, 4.69) is 9.72 Å². The van der Waals surface area contributed by atoms with Gasteiger partial charge in [-0.25, -0.2) is 13.6 Å². The summed E-state index contributed by atoms with van der Waals surface area (Å²) in [6.07, 6.45) is 1.91. The van der Waals surface area contributed by atoms with Gasteiger partial charge in [-0.2, -0.15) is 0 Å². The first-order valence-electron chi connectivity index (χ1n) is 5.70. The van der Waals surface area contributed by atoms with Crippen LogP contribution in [0.4, 0.5) is 8.78 Å². The highest BCUT2D eigenvalue weighted by molar-refractivity contribution is 6.16. The minimum Gasteiger partial charge on any atom is -0.506 e. The van der Waals surface area contributed by atoms with Gasteiger partial charge in [0.25, 0.3) is 0 Å². The van der Waals surface area contributed by atoms with Crippen molar-refractivity contribution in [3.63, 3.8) is 0 Å². The van der Waals surface area contributed by atoms with Crippen molar-refractivity contribution in [3.8, 4) is 5.75 Å². The number of carbonyl (C=O) groups is 2. The van der Waals surface area contributed by atoms with Crippen molar-refractivity contribution in [1.29, 1.82) is 0 Å². The second-order valence-electron chi connectivity index (χ2n) is 4.03. The van der Waals surface area contributed by atoms with E-state index in [0.717, 1.165) is 31.6 Å². The highest BCUT2D eigenvalue weighted by atomic mass is 19.1. The maximum atomic E-state index is 13.7. The van der Waals surface area contributed by atoms with Gasteiger partial charge in [-0.3, -0.25) is 9.78 Å². The fourth-order valence-corrected chi connectivity index (χ4v) is 1.76. The lowest BCUT2D eigenvalue weighted by atomic mass is 9.98. The fourth-order valence-electron chi connectivity index (χ4n) is 1.76. The SMILES string of the molecule is COC(=O)c1cncc(O)c1C(=O)c1cc(F)ccc1F. The molecule has 1 heterocycles. The molecule has 2 rings (SSSR count). The average Bonchev–Trinajstić information content (AvgIpc) is 2.48. The van der Waals surface area contributed by atoms with E-state index in [0.29, 0.717) is 6.07 Å². The minimum atomic E-state index is -1.05. The smallest absolute Gasteiger partial charge is 0.340 e. The zero-order valence-electron chi connectivity index (χ0n) is 10.8. The zero-order valence-corrected chi connectivity index (χ0v) is 10.8. The van der Waals surface area contributed by atoms with Gasteiger partial charge in [0.05, 0.1) is 30.0 Å². The molecule has 0 radical (unpaired) electrons. The number of aromatic hydroxyl groups is 1. The largest absolute Gasteiger partial charge is 0.506 e. The standard InChI is InChI=1S/C14H9F2NO4/c1-21-14(20)9-5-17-6-11(18)12(9)13(19)8-4-7(15)2-3-10(8)16/h2-6,18H,1H3. The number of esters is 1. The molecule has 0 fully saturated rings.